The number of halogens is 1. The van der Waals surface area contributed by atoms with Crippen LogP contribution in [-0.2, 0) is 6.42 Å². The predicted octanol–water partition coefficient (Wildman–Crippen LogP) is 2.70. The minimum absolute atomic E-state index is 0.376. The number of nitrogens with one attached hydrogen (secondary N) is 2. The van der Waals surface area contributed by atoms with E-state index in [0.29, 0.717) is 11.0 Å². The van der Waals surface area contributed by atoms with Crippen LogP contribution in [0.2, 0.25) is 0 Å². The van der Waals surface area contributed by atoms with E-state index in [1.165, 1.54) is 0 Å². The van der Waals surface area contributed by atoms with Gasteiger partial charge in [-0.3, -0.25) is 9.59 Å². The van der Waals surface area contributed by atoms with Crippen LogP contribution in [0.25, 0.3) is 11.0 Å². The minimum Gasteiger partial charge on any atom is -0.469 e. The molecule has 1 aromatic carbocycles. The molecule has 1 atom stereocenters. The van der Waals surface area contributed by atoms with Gasteiger partial charge in [-0.15, -0.1) is 11.6 Å². The van der Waals surface area contributed by atoms with Crippen molar-refractivity contribution >= 4 is 22.6 Å². The second-order valence-electron chi connectivity index (χ2n) is 4.73. The fourth-order valence-corrected chi connectivity index (χ4v) is 2.66. The van der Waals surface area contributed by atoms with Crippen molar-refractivity contribution in [2.45, 2.75) is 18.7 Å². The number of hydrogen-bond donors (Lipinski definition) is 2. The first kappa shape index (κ1) is 13.7. The first-order chi connectivity index (χ1) is 10.1. The Balaban J connectivity index is 2.10. The van der Waals surface area contributed by atoms with Crippen LogP contribution in [0.1, 0.15) is 29.2 Å². The van der Waals surface area contributed by atoms with Gasteiger partial charge < -0.3 is 14.4 Å². The molecule has 0 aliphatic carbocycles. The molecular formula is C15H13ClN2O3. The molecule has 1 unspecified atom stereocenters. The molecule has 0 spiro atoms. The Morgan fingerprint density at radius 1 is 1.14 bits per heavy atom. The van der Waals surface area contributed by atoms with E-state index in [2.05, 4.69) is 9.97 Å². The Hall–Kier alpha value is -2.27. The first-order valence-electron chi connectivity index (χ1n) is 6.56. The Morgan fingerprint density at radius 2 is 1.86 bits per heavy atom. The van der Waals surface area contributed by atoms with Crippen LogP contribution in [0.15, 0.2) is 44.5 Å². The molecule has 3 rings (SSSR count). The highest BCUT2D eigenvalue weighted by Gasteiger charge is 2.17. The van der Waals surface area contributed by atoms with Crippen molar-refractivity contribution in [3.63, 3.8) is 0 Å². The molecule has 0 bridgehead atoms. The zero-order valence-electron chi connectivity index (χ0n) is 11.3. The maximum Gasteiger partial charge on any atom is 0.314 e. The maximum atomic E-state index is 11.4. The lowest BCUT2D eigenvalue weighted by molar-refractivity contribution is 0.512. The number of fused-ring (bicyclic) bond motifs is 1. The van der Waals surface area contributed by atoms with Gasteiger partial charge in [0.1, 0.15) is 5.76 Å². The molecule has 2 aromatic heterocycles. The average Bonchev–Trinajstić information content (AvgIpc) is 2.95. The molecule has 3 aromatic rings. The summed E-state index contributed by atoms with van der Waals surface area (Å²) in [5.41, 5.74) is 1.50. The summed E-state index contributed by atoms with van der Waals surface area (Å²) >= 11 is 6.50. The maximum absolute atomic E-state index is 11.4. The number of hydrogen-bond acceptors (Lipinski definition) is 3. The Bertz CT molecular complexity index is 907. The molecule has 0 saturated heterocycles. The summed E-state index contributed by atoms with van der Waals surface area (Å²) in [5, 5.41) is -0.376. The van der Waals surface area contributed by atoms with Crippen molar-refractivity contribution in [3.05, 3.63) is 68.1 Å². The number of aromatic amines is 2. The fourth-order valence-electron chi connectivity index (χ4n) is 2.33. The van der Waals surface area contributed by atoms with Crippen LogP contribution in [-0.4, -0.2) is 9.97 Å². The van der Waals surface area contributed by atoms with Gasteiger partial charge in [-0.05, 0) is 23.8 Å². The molecule has 21 heavy (non-hydrogen) atoms. The molecule has 0 aliphatic heterocycles. The van der Waals surface area contributed by atoms with Crippen LogP contribution in [0.4, 0.5) is 0 Å². The number of aryl methyl sites for hydroxylation is 1. The van der Waals surface area contributed by atoms with Crippen molar-refractivity contribution in [2.24, 2.45) is 0 Å². The highest BCUT2D eigenvalue weighted by atomic mass is 35.5. The summed E-state index contributed by atoms with van der Waals surface area (Å²) in [6, 6.07) is 7.15. The molecule has 0 amide bonds. The number of aromatic nitrogens is 2. The minimum atomic E-state index is -0.677. The zero-order valence-corrected chi connectivity index (χ0v) is 12.0. The largest absolute Gasteiger partial charge is 0.469 e. The van der Waals surface area contributed by atoms with E-state index in [-0.39, 0.29) is 5.38 Å². The van der Waals surface area contributed by atoms with Crippen LogP contribution in [0, 0.1) is 0 Å². The predicted molar refractivity (Wildman–Crippen MR) is 81.0 cm³/mol. The van der Waals surface area contributed by atoms with E-state index < -0.39 is 11.1 Å². The molecule has 6 heteroatoms. The lowest BCUT2D eigenvalue weighted by Crippen LogP contribution is -2.28. The number of H-pyrrole nitrogens is 2. The first-order valence-corrected chi connectivity index (χ1v) is 7.00. The molecule has 0 fully saturated rings. The Kier molecular flexibility index (Phi) is 3.43. The third-order valence-corrected chi connectivity index (χ3v) is 3.90. The van der Waals surface area contributed by atoms with Crippen LogP contribution in [0.3, 0.4) is 0 Å². The molecule has 5 nitrogen and oxygen atoms in total. The Labute approximate surface area is 124 Å². The number of alkyl halides is 1. The van der Waals surface area contributed by atoms with Gasteiger partial charge in [0.05, 0.1) is 22.7 Å². The average molecular weight is 305 g/mol. The number of furan rings is 1. The van der Waals surface area contributed by atoms with Gasteiger partial charge in [0.2, 0.25) is 0 Å². The zero-order chi connectivity index (χ0) is 15.0. The lowest BCUT2D eigenvalue weighted by Gasteiger charge is -2.10. The number of rotatable bonds is 3. The monoisotopic (exact) mass is 304 g/mol. The van der Waals surface area contributed by atoms with Crippen molar-refractivity contribution in [3.8, 4) is 0 Å². The van der Waals surface area contributed by atoms with Crippen molar-refractivity contribution in [2.75, 3.05) is 0 Å². The van der Waals surface area contributed by atoms with Crippen LogP contribution >= 0.6 is 11.6 Å². The summed E-state index contributed by atoms with van der Waals surface area (Å²) in [4.78, 5) is 27.7. The second-order valence-corrected chi connectivity index (χ2v) is 5.16. The normalized spacial score (nSPS) is 12.7. The van der Waals surface area contributed by atoms with E-state index in [1.54, 1.807) is 18.4 Å². The highest BCUT2D eigenvalue weighted by Crippen LogP contribution is 2.32. The standard InChI is InChI=1S/C15H13ClN2O3/c1-2-12-9(5-6-21-12)13(16)8-3-4-10-11(7-8)18-15(20)14(19)17-10/h3-7,13H,2H2,1H3,(H,17,19)(H,18,20). The van der Waals surface area contributed by atoms with Gasteiger partial charge in [-0.2, -0.15) is 0 Å². The fraction of sp³-hybridized carbons (Fsp3) is 0.200. The summed E-state index contributed by atoms with van der Waals surface area (Å²) in [6.07, 6.45) is 2.37. The molecule has 2 N–H and O–H groups in total. The molecule has 0 radical (unpaired) electrons. The summed E-state index contributed by atoms with van der Waals surface area (Å²) in [5.74, 6) is 0.838. The van der Waals surface area contributed by atoms with E-state index in [0.717, 1.165) is 23.3 Å². The van der Waals surface area contributed by atoms with Crippen molar-refractivity contribution in [1.82, 2.24) is 9.97 Å². The van der Waals surface area contributed by atoms with Gasteiger partial charge in [0.15, 0.2) is 0 Å². The van der Waals surface area contributed by atoms with E-state index in [9.17, 15) is 9.59 Å². The Morgan fingerprint density at radius 3 is 2.57 bits per heavy atom. The topological polar surface area (TPSA) is 78.9 Å². The molecular weight excluding hydrogens is 292 g/mol. The SMILES string of the molecule is CCc1occc1C(Cl)c1ccc2[nH]c(=O)c(=O)[nH]c2c1. The quantitative estimate of drug-likeness (QED) is 0.577. The molecule has 2 heterocycles. The third-order valence-electron chi connectivity index (χ3n) is 3.41. The molecule has 0 aliphatic rings. The molecule has 0 saturated carbocycles. The third kappa shape index (κ3) is 2.40. The molecule has 108 valence electrons. The van der Waals surface area contributed by atoms with Gasteiger partial charge in [0, 0.05) is 12.0 Å². The van der Waals surface area contributed by atoms with Gasteiger partial charge in [-0.25, -0.2) is 0 Å². The lowest BCUT2D eigenvalue weighted by atomic mass is 10.0. The highest BCUT2D eigenvalue weighted by molar-refractivity contribution is 6.22. The summed E-state index contributed by atoms with van der Waals surface area (Å²) in [7, 11) is 0. The van der Waals surface area contributed by atoms with Crippen LogP contribution in [0.5, 0.6) is 0 Å². The van der Waals surface area contributed by atoms with Crippen molar-refractivity contribution < 1.29 is 4.42 Å². The smallest absolute Gasteiger partial charge is 0.314 e. The summed E-state index contributed by atoms with van der Waals surface area (Å²) < 4.78 is 5.39. The van der Waals surface area contributed by atoms with Crippen LogP contribution < -0.4 is 11.1 Å². The second kappa shape index (κ2) is 5.26. The van der Waals surface area contributed by atoms with Gasteiger partial charge in [0.25, 0.3) is 0 Å². The van der Waals surface area contributed by atoms with E-state index in [4.69, 9.17) is 16.0 Å². The van der Waals surface area contributed by atoms with Gasteiger partial charge >= 0.3 is 11.1 Å². The van der Waals surface area contributed by atoms with Gasteiger partial charge in [-0.1, -0.05) is 13.0 Å². The van der Waals surface area contributed by atoms with E-state index in [1.807, 2.05) is 19.1 Å². The van der Waals surface area contributed by atoms with Crippen molar-refractivity contribution in [1.29, 1.82) is 0 Å². The van der Waals surface area contributed by atoms with E-state index >= 15 is 0 Å². The summed E-state index contributed by atoms with van der Waals surface area (Å²) in [6.45, 7) is 1.99. The number of benzene rings is 1.